The summed E-state index contributed by atoms with van der Waals surface area (Å²) in [6, 6.07) is 14.4. The van der Waals surface area contributed by atoms with E-state index in [0.29, 0.717) is 29.9 Å². The maximum Gasteiger partial charge on any atom is 0.297 e. The summed E-state index contributed by atoms with van der Waals surface area (Å²) in [4.78, 5) is 67.2. The average molecular weight is 677 g/mol. The molecule has 1 aromatic heterocycles. The van der Waals surface area contributed by atoms with Crippen molar-refractivity contribution >= 4 is 31.5 Å². The number of hydrogen-bond donors (Lipinski definition) is 2. The van der Waals surface area contributed by atoms with E-state index in [1.165, 1.54) is 28.7 Å². The standard InChI is InChI=1S/C34H40N4O9Si/c1-21-31(48(3,4)45)29(18-30(40)35-15-5-7-25(35)20-39)47-34(21)26-17-24(38(43)44)13-14-27(26)37(33(34)42)19-22-9-11-23(12-10-22)36-16-6-8-28(46-2)32(36)41/h6,8-14,16-17,21,25,29,31,39,45H,5,7,15,18-20H2,1-4H3/t21-,25+,29+,31-,34+/m1/s1. The fraction of sp³-hybridized carbons (Fsp3) is 0.441. The van der Waals surface area contributed by atoms with Crippen LogP contribution < -0.4 is 15.2 Å². The number of non-ortho nitro benzene ring substituents is 1. The predicted octanol–water partition coefficient (Wildman–Crippen LogP) is 3.47. The quantitative estimate of drug-likeness (QED) is 0.196. The molecule has 254 valence electrons. The van der Waals surface area contributed by atoms with Crippen LogP contribution in [0.1, 0.15) is 37.3 Å². The van der Waals surface area contributed by atoms with Gasteiger partial charge in [-0.3, -0.25) is 29.1 Å². The molecule has 48 heavy (non-hydrogen) atoms. The van der Waals surface area contributed by atoms with Crippen LogP contribution in [-0.2, 0) is 26.5 Å². The number of benzene rings is 2. The van der Waals surface area contributed by atoms with Crippen molar-refractivity contribution in [1.82, 2.24) is 9.47 Å². The molecule has 2 amide bonds. The van der Waals surface area contributed by atoms with Gasteiger partial charge in [0.1, 0.15) is 0 Å². The number of anilines is 1. The first-order valence-corrected chi connectivity index (χ1v) is 19.1. The number of rotatable bonds is 9. The number of hydrogen-bond acceptors (Lipinski definition) is 9. The summed E-state index contributed by atoms with van der Waals surface area (Å²) >= 11 is 0. The highest BCUT2D eigenvalue weighted by Crippen LogP contribution is 2.60. The van der Waals surface area contributed by atoms with Crippen molar-refractivity contribution < 1.29 is 33.9 Å². The SMILES string of the molecule is COc1cccn(-c2ccc(CN3C(=O)[C@@]4(O[C@@H](CC(=O)N5CCC[C@H]5CO)[C@H]([Si](C)(C)O)[C@H]4C)c4cc([N+](=O)[O-])ccc43)cc2)c1=O. The van der Waals surface area contributed by atoms with E-state index in [2.05, 4.69) is 0 Å². The Kier molecular flexibility index (Phi) is 8.79. The first-order chi connectivity index (χ1) is 22.8. The second-order valence-electron chi connectivity index (χ2n) is 13.4. The monoisotopic (exact) mass is 676 g/mol. The van der Waals surface area contributed by atoms with Crippen LogP contribution in [0.5, 0.6) is 5.75 Å². The maximum absolute atomic E-state index is 14.7. The number of nitro groups is 1. The summed E-state index contributed by atoms with van der Waals surface area (Å²) in [5.74, 6) is -1.06. The van der Waals surface area contributed by atoms with Crippen LogP contribution in [0.15, 0.2) is 65.6 Å². The van der Waals surface area contributed by atoms with Crippen molar-refractivity contribution in [2.24, 2.45) is 5.92 Å². The Hall–Kier alpha value is -4.37. The molecule has 3 aliphatic rings. The highest BCUT2D eigenvalue weighted by Gasteiger charge is 2.66. The van der Waals surface area contributed by atoms with Gasteiger partial charge in [-0.15, -0.1) is 0 Å². The molecule has 0 saturated carbocycles. The van der Waals surface area contributed by atoms with E-state index in [1.54, 1.807) is 66.7 Å². The summed E-state index contributed by atoms with van der Waals surface area (Å²) in [7, 11) is -1.67. The van der Waals surface area contributed by atoms with Gasteiger partial charge in [0, 0.05) is 47.6 Å². The third-order valence-electron chi connectivity index (χ3n) is 10.1. The zero-order chi connectivity index (χ0) is 34.5. The zero-order valence-electron chi connectivity index (χ0n) is 27.4. The van der Waals surface area contributed by atoms with Gasteiger partial charge >= 0.3 is 0 Å². The van der Waals surface area contributed by atoms with E-state index < -0.39 is 42.3 Å². The Morgan fingerprint density at radius 2 is 1.90 bits per heavy atom. The molecule has 1 spiro atoms. The molecule has 2 N–H and O–H groups in total. The van der Waals surface area contributed by atoms with Gasteiger partial charge < -0.3 is 29.2 Å². The summed E-state index contributed by atoms with van der Waals surface area (Å²) in [6.07, 6.45) is 2.18. The molecule has 5 atom stereocenters. The van der Waals surface area contributed by atoms with Crippen LogP contribution in [-0.4, -0.2) is 76.8 Å². The summed E-state index contributed by atoms with van der Waals surface area (Å²) < 4.78 is 13.3. The topological polar surface area (TPSA) is 165 Å². The van der Waals surface area contributed by atoms with Gasteiger partial charge in [-0.1, -0.05) is 19.1 Å². The lowest BCUT2D eigenvalue weighted by atomic mass is 9.82. The minimum Gasteiger partial charge on any atom is -0.491 e. The number of fused-ring (bicyclic) bond motifs is 2. The van der Waals surface area contributed by atoms with E-state index in [-0.39, 0.29) is 48.5 Å². The summed E-state index contributed by atoms with van der Waals surface area (Å²) in [5, 5.41) is 21.7. The van der Waals surface area contributed by atoms with E-state index in [1.807, 2.05) is 6.92 Å². The van der Waals surface area contributed by atoms with E-state index in [0.717, 1.165) is 12.0 Å². The van der Waals surface area contributed by atoms with Crippen molar-refractivity contribution in [2.75, 3.05) is 25.2 Å². The van der Waals surface area contributed by atoms with Crippen molar-refractivity contribution in [3.8, 4) is 11.4 Å². The van der Waals surface area contributed by atoms with Crippen molar-refractivity contribution in [1.29, 1.82) is 0 Å². The highest BCUT2D eigenvalue weighted by atomic mass is 28.4. The largest absolute Gasteiger partial charge is 0.491 e. The van der Waals surface area contributed by atoms with Gasteiger partial charge in [-0.2, -0.15) is 0 Å². The molecule has 14 heteroatoms. The van der Waals surface area contributed by atoms with Crippen LogP contribution in [0, 0.1) is 16.0 Å². The van der Waals surface area contributed by atoms with E-state index in [9.17, 15) is 34.4 Å². The predicted molar refractivity (Wildman–Crippen MR) is 178 cm³/mol. The molecule has 13 nitrogen and oxygen atoms in total. The molecule has 6 rings (SSSR count). The van der Waals surface area contributed by atoms with Gasteiger partial charge in [-0.05, 0) is 61.8 Å². The third kappa shape index (κ3) is 5.51. The lowest BCUT2D eigenvalue weighted by molar-refractivity contribution is -0.385. The molecule has 2 saturated heterocycles. The molecule has 0 radical (unpaired) electrons. The fourth-order valence-electron chi connectivity index (χ4n) is 7.96. The Morgan fingerprint density at radius 3 is 2.54 bits per heavy atom. The Bertz CT molecular complexity index is 1810. The summed E-state index contributed by atoms with van der Waals surface area (Å²) in [6.45, 7) is 5.78. The number of aliphatic hydroxyl groups is 1. The van der Waals surface area contributed by atoms with Crippen molar-refractivity contribution in [3.05, 3.63) is 92.4 Å². The number of ether oxygens (including phenoxy) is 2. The number of amides is 2. The number of carbonyl (C=O) groups is 2. The number of likely N-dealkylation sites (tertiary alicyclic amines) is 1. The summed E-state index contributed by atoms with van der Waals surface area (Å²) in [5.41, 5.74) is -0.614. The average Bonchev–Trinajstić information content (AvgIpc) is 3.71. The maximum atomic E-state index is 14.7. The van der Waals surface area contributed by atoms with Gasteiger partial charge in [0.2, 0.25) is 5.91 Å². The van der Waals surface area contributed by atoms with Crippen LogP contribution in [0.2, 0.25) is 18.6 Å². The van der Waals surface area contributed by atoms with Crippen LogP contribution in [0.3, 0.4) is 0 Å². The fourth-order valence-corrected chi connectivity index (χ4v) is 10.5. The minimum atomic E-state index is -3.09. The van der Waals surface area contributed by atoms with Gasteiger partial charge in [-0.25, -0.2) is 0 Å². The smallest absolute Gasteiger partial charge is 0.297 e. The van der Waals surface area contributed by atoms with Gasteiger partial charge in [0.25, 0.3) is 17.2 Å². The van der Waals surface area contributed by atoms with Crippen LogP contribution >= 0.6 is 0 Å². The lowest BCUT2D eigenvalue weighted by Crippen LogP contribution is -2.46. The first kappa shape index (κ1) is 33.5. The number of aromatic nitrogens is 1. The van der Waals surface area contributed by atoms with E-state index >= 15 is 0 Å². The number of methoxy groups -OCH3 is 1. The first-order valence-electron chi connectivity index (χ1n) is 16.1. The third-order valence-corrected chi connectivity index (χ3v) is 12.7. The molecule has 0 unspecified atom stereocenters. The highest BCUT2D eigenvalue weighted by molar-refractivity contribution is 6.71. The number of nitro benzene ring substituents is 1. The normalized spacial score (nSPS) is 25.2. The molecular weight excluding hydrogens is 636 g/mol. The van der Waals surface area contributed by atoms with Crippen LogP contribution in [0.25, 0.3) is 5.69 Å². The Labute approximate surface area is 278 Å². The molecule has 2 aromatic carbocycles. The van der Waals surface area contributed by atoms with E-state index in [4.69, 9.17) is 9.47 Å². The number of carbonyl (C=O) groups excluding carboxylic acids is 2. The molecule has 3 aliphatic heterocycles. The molecule has 4 heterocycles. The number of nitrogens with zero attached hydrogens (tertiary/aromatic N) is 4. The molecule has 2 fully saturated rings. The molecular formula is C34H40N4O9Si. The van der Waals surface area contributed by atoms with Crippen molar-refractivity contribution in [3.63, 3.8) is 0 Å². The number of aliphatic hydroxyl groups excluding tert-OH is 1. The molecule has 0 aliphatic carbocycles. The number of pyridine rings is 1. The van der Waals surface area contributed by atoms with Crippen LogP contribution in [0.4, 0.5) is 11.4 Å². The zero-order valence-corrected chi connectivity index (χ0v) is 28.4. The van der Waals surface area contributed by atoms with Gasteiger partial charge in [0.15, 0.2) is 19.7 Å². The molecule has 0 bridgehead atoms. The van der Waals surface area contributed by atoms with Gasteiger partial charge in [0.05, 0.1) is 49.4 Å². The second kappa shape index (κ2) is 12.6. The lowest BCUT2D eigenvalue weighted by Gasteiger charge is -2.32. The Morgan fingerprint density at radius 1 is 1.17 bits per heavy atom. The second-order valence-corrected chi connectivity index (χ2v) is 17.4. The van der Waals surface area contributed by atoms with Crippen molar-refractivity contribution in [2.45, 2.75) is 69.1 Å². The Balaban J connectivity index is 1.37. The molecule has 3 aromatic rings. The minimum absolute atomic E-state index is 0.0904.